The van der Waals surface area contributed by atoms with Crippen LogP contribution in [0.4, 0.5) is 10.1 Å². The molecule has 0 aliphatic carbocycles. The van der Waals surface area contributed by atoms with Crippen molar-refractivity contribution in [2.24, 2.45) is 0 Å². The normalized spacial score (nSPS) is 11.1. The molecule has 0 bridgehead atoms. The van der Waals surface area contributed by atoms with E-state index in [-0.39, 0.29) is 12.3 Å². The van der Waals surface area contributed by atoms with Gasteiger partial charge in [0, 0.05) is 11.0 Å². The van der Waals surface area contributed by atoms with Gasteiger partial charge in [-0.25, -0.2) is 4.39 Å². The number of nitrogens with one attached hydrogen (secondary N) is 1. The molecule has 0 saturated heterocycles. The van der Waals surface area contributed by atoms with Crippen molar-refractivity contribution in [3.63, 3.8) is 0 Å². The van der Waals surface area contributed by atoms with Gasteiger partial charge in [-0.15, -0.1) is 0 Å². The van der Waals surface area contributed by atoms with Crippen LogP contribution in [-0.4, -0.2) is 24.2 Å². The van der Waals surface area contributed by atoms with Gasteiger partial charge in [-0.1, -0.05) is 0 Å². The maximum absolute atomic E-state index is 12.9. The molecule has 1 aromatic carbocycles. The highest BCUT2D eigenvalue weighted by Gasteiger charge is 2.26. The van der Waals surface area contributed by atoms with Crippen LogP contribution in [0.5, 0.6) is 5.75 Å². The molecule has 0 spiro atoms. The van der Waals surface area contributed by atoms with Crippen molar-refractivity contribution in [3.05, 3.63) is 34.1 Å². The Hall–Kier alpha value is -1.89. The predicted octanol–water partition coefficient (Wildman–Crippen LogP) is 2.23. The first-order valence-electron chi connectivity index (χ1n) is 5.23. The summed E-state index contributed by atoms with van der Waals surface area (Å²) in [6.07, 6.45) is 0. The minimum Gasteiger partial charge on any atom is -0.494 e. The molecular formula is C11H15FN2O4. The molecule has 100 valence electrons. The van der Waals surface area contributed by atoms with E-state index < -0.39 is 16.3 Å². The van der Waals surface area contributed by atoms with Gasteiger partial charge in [-0.05, 0) is 26.0 Å². The highest BCUT2D eigenvalue weighted by Crippen LogP contribution is 2.26. The molecule has 0 aromatic heterocycles. The van der Waals surface area contributed by atoms with Gasteiger partial charge < -0.3 is 4.74 Å². The average molecular weight is 258 g/mol. The van der Waals surface area contributed by atoms with Crippen LogP contribution in [0.3, 0.4) is 0 Å². The third-order valence-electron chi connectivity index (χ3n) is 2.11. The van der Waals surface area contributed by atoms with E-state index in [0.29, 0.717) is 5.69 Å². The van der Waals surface area contributed by atoms with Crippen LogP contribution < -0.4 is 10.2 Å². The van der Waals surface area contributed by atoms with E-state index in [4.69, 9.17) is 9.57 Å². The summed E-state index contributed by atoms with van der Waals surface area (Å²) in [6.45, 7) is 2.78. The molecule has 0 fully saturated rings. The molecule has 1 rings (SSSR count). The minimum atomic E-state index is -0.997. The Balaban J connectivity index is 2.71. The highest BCUT2D eigenvalue weighted by molar-refractivity contribution is 5.54. The van der Waals surface area contributed by atoms with Crippen molar-refractivity contribution in [2.45, 2.75) is 19.4 Å². The zero-order valence-electron chi connectivity index (χ0n) is 10.4. The number of ether oxygens (including phenoxy) is 1. The van der Waals surface area contributed by atoms with E-state index in [2.05, 4.69) is 5.48 Å². The van der Waals surface area contributed by atoms with Crippen LogP contribution in [0, 0.1) is 15.9 Å². The number of halogens is 1. The molecular weight excluding hydrogens is 243 g/mol. The topological polar surface area (TPSA) is 73.6 Å². The third-order valence-corrected chi connectivity index (χ3v) is 2.11. The van der Waals surface area contributed by atoms with E-state index in [1.165, 1.54) is 25.3 Å². The van der Waals surface area contributed by atoms with Crippen molar-refractivity contribution in [1.29, 1.82) is 0 Å². The standard InChI is InChI=1S/C11H15FN2O4/c1-11(2,7-14(15)16)18-13-9-5-4-8(12)6-10(9)17-3/h4-6,13H,7H2,1-3H3. The molecule has 0 unspecified atom stereocenters. The second-order valence-corrected chi connectivity index (χ2v) is 4.30. The molecule has 0 aliphatic heterocycles. The smallest absolute Gasteiger partial charge is 0.234 e. The Morgan fingerprint density at radius 1 is 1.50 bits per heavy atom. The SMILES string of the molecule is COc1cc(F)ccc1NOC(C)(C)C[N+](=O)[O-]. The highest BCUT2D eigenvalue weighted by atomic mass is 19.1. The van der Waals surface area contributed by atoms with Gasteiger partial charge in [-0.2, -0.15) is 0 Å². The number of hydrogen-bond acceptors (Lipinski definition) is 5. The largest absolute Gasteiger partial charge is 0.494 e. The molecule has 0 amide bonds. The Morgan fingerprint density at radius 3 is 2.72 bits per heavy atom. The van der Waals surface area contributed by atoms with Gasteiger partial charge in [-0.3, -0.25) is 20.4 Å². The van der Waals surface area contributed by atoms with Gasteiger partial charge in [0.25, 0.3) is 0 Å². The number of benzene rings is 1. The van der Waals surface area contributed by atoms with Crippen LogP contribution in [-0.2, 0) is 4.84 Å². The summed E-state index contributed by atoms with van der Waals surface area (Å²) in [6, 6.07) is 3.84. The lowest BCUT2D eigenvalue weighted by Gasteiger charge is -2.21. The van der Waals surface area contributed by atoms with Crippen molar-refractivity contribution >= 4 is 5.69 Å². The number of hydrogen-bond donors (Lipinski definition) is 1. The van der Waals surface area contributed by atoms with Crippen LogP contribution in [0.2, 0.25) is 0 Å². The van der Waals surface area contributed by atoms with Crippen LogP contribution >= 0.6 is 0 Å². The van der Waals surface area contributed by atoms with Crippen LogP contribution in [0.25, 0.3) is 0 Å². The van der Waals surface area contributed by atoms with Crippen molar-refractivity contribution < 1.29 is 18.9 Å². The maximum Gasteiger partial charge on any atom is 0.234 e. The first kappa shape index (κ1) is 14.2. The molecule has 0 radical (unpaired) electrons. The zero-order valence-corrected chi connectivity index (χ0v) is 10.4. The summed E-state index contributed by atoms with van der Waals surface area (Å²) in [7, 11) is 1.39. The average Bonchev–Trinajstić information content (AvgIpc) is 2.25. The molecule has 0 heterocycles. The summed E-state index contributed by atoms with van der Waals surface area (Å²) in [5.41, 5.74) is 1.94. The fourth-order valence-corrected chi connectivity index (χ4v) is 1.29. The van der Waals surface area contributed by atoms with Gasteiger partial charge in [0.15, 0.2) is 5.60 Å². The van der Waals surface area contributed by atoms with Crippen LogP contribution in [0.15, 0.2) is 18.2 Å². The number of nitro groups is 1. The minimum absolute atomic E-state index is 0.256. The van der Waals surface area contributed by atoms with E-state index in [0.717, 1.165) is 0 Å². The first-order chi connectivity index (χ1) is 8.34. The molecule has 1 N–H and O–H groups in total. The van der Waals surface area contributed by atoms with Crippen molar-refractivity contribution in [3.8, 4) is 5.75 Å². The second kappa shape index (κ2) is 5.63. The molecule has 0 saturated carbocycles. The number of rotatable bonds is 6. The van der Waals surface area contributed by atoms with Crippen molar-refractivity contribution in [1.82, 2.24) is 0 Å². The van der Waals surface area contributed by atoms with Crippen molar-refractivity contribution in [2.75, 3.05) is 19.1 Å². The van der Waals surface area contributed by atoms with Gasteiger partial charge >= 0.3 is 0 Å². The summed E-state index contributed by atoms with van der Waals surface area (Å²) in [5.74, 6) is -0.186. The number of anilines is 1. The Bertz CT molecular complexity index is 437. The summed E-state index contributed by atoms with van der Waals surface area (Å²) in [5, 5.41) is 10.4. The molecule has 0 aliphatic rings. The maximum atomic E-state index is 12.9. The lowest BCUT2D eigenvalue weighted by molar-refractivity contribution is -0.499. The number of nitrogens with zero attached hydrogens (tertiary/aromatic N) is 1. The molecule has 1 aromatic rings. The van der Waals surface area contributed by atoms with E-state index >= 15 is 0 Å². The van der Waals surface area contributed by atoms with Gasteiger partial charge in [0.1, 0.15) is 17.3 Å². The van der Waals surface area contributed by atoms with E-state index in [1.54, 1.807) is 13.8 Å². The summed E-state index contributed by atoms with van der Waals surface area (Å²) in [4.78, 5) is 15.2. The zero-order chi connectivity index (χ0) is 13.8. The summed E-state index contributed by atoms with van der Waals surface area (Å²) < 4.78 is 17.9. The second-order valence-electron chi connectivity index (χ2n) is 4.30. The summed E-state index contributed by atoms with van der Waals surface area (Å²) >= 11 is 0. The van der Waals surface area contributed by atoms with Gasteiger partial charge in [0.2, 0.25) is 6.54 Å². The fraction of sp³-hybridized carbons (Fsp3) is 0.455. The monoisotopic (exact) mass is 258 g/mol. The Morgan fingerprint density at radius 2 is 2.17 bits per heavy atom. The lowest BCUT2D eigenvalue weighted by atomic mass is 10.1. The lowest BCUT2D eigenvalue weighted by Crippen LogP contribution is -2.35. The Labute approximate surface area is 104 Å². The molecule has 6 nitrogen and oxygen atoms in total. The quantitative estimate of drug-likeness (QED) is 0.625. The van der Waals surface area contributed by atoms with E-state index in [9.17, 15) is 14.5 Å². The third kappa shape index (κ3) is 4.17. The molecule has 0 atom stereocenters. The predicted molar refractivity (Wildman–Crippen MR) is 63.6 cm³/mol. The van der Waals surface area contributed by atoms with Gasteiger partial charge in [0.05, 0.1) is 7.11 Å². The number of methoxy groups -OCH3 is 1. The fourth-order valence-electron chi connectivity index (χ4n) is 1.29. The van der Waals surface area contributed by atoms with Crippen LogP contribution in [0.1, 0.15) is 13.8 Å². The Kier molecular flexibility index (Phi) is 4.43. The molecule has 18 heavy (non-hydrogen) atoms. The molecule has 7 heteroatoms. The van der Waals surface area contributed by atoms with E-state index in [1.807, 2.05) is 0 Å². The first-order valence-corrected chi connectivity index (χ1v) is 5.23.